The van der Waals surface area contributed by atoms with E-state index in [0.717, 1.165) is 25.8 Å². The molecule has 0 spiro atoms. The molecule has 2 atom stereocenters. The Bertz CT molecular complexity index is 240. The molecule has 19 heavy (non-hydrogen) atoms. The van der Waals surface area contributed by atoms with Gasteiger partial charge in [0.15, 0.2) is 0 Å². The Balaban J connectivity index is 4.14. The molecule has 0 aromatic carbocycles. The van der Waals surface area contributed by atoms with Crippen molar-refractivity contribution in [1.82, 2.24) is 10.2 Å². The van der Waals surface area contributed by atoms with E-state index in [1.54, 1.807) is 0 Å². The summed E-state index contributed by atoms with van der Waals surface area (Å²) >= 11 is 0. The molecule has 114 valence electrons. The van der Waals surface area contributed by atoms with Gasteiger partial charge in [0.05, 0.1) is 0 Å². The van der Waals surface area contributed by atoms with E-state index in [9.17, 15) is 4.79 Å². The molecule has 2 unspecified atom stereocenters. The Morgan fingerprint density at radius 3 is 2.26 bits per heavy atom. The normalized spacial score (nSPS) is 14.7. The number of amides is 1. The van der Waals surface area contributed by atoms with Crippen LogP contribution >= 0.6 is 0 Å². The van der Waals surface area contributed by atoms with Crippen molar-refractivity contribution in [2.45, 2.75) is 52.5 Å². The summed E-state index contributed by atoms with van der Waals surface area (Å²) in [6, 6.07) is 0.422. The van der Waals surface area contributed by atoms with Crippen LogP contribution in [0.1, 0.15) is 46.5 Å². The molecule has 0 aromatic heterocycles. The van der Waals surface area contributed by atoms with Crippen LogP contribution in [0.5, 0.6) is 0 Å². The van der Waals surface area contributed by atoms with E-state index in [2.05, 4.69) is 45.1 Å². The fourth-order valence-electron chi connectivity index (χ4n) is 2.41. The molecule has 0 aromatic rings. The third-order valence-electron chi connectivity index (χ3n) is 4.03. The molecule has 1 amide bonds. The molecule has 4 nitrogen and oxygen atoms in total. The lowest BCUT2D eigenvalue weighted by molar-refractivity contribution is -0.121. The molecule has 0 rings (SSSR count). The van der Waals surface area contributed by atoms with E-state index < -0.39 is 0 Å². The van der Waals surface area contributed by atoms with E-state index in [1.165, 1.54) is 0 Å². The molecule has 0 saturated heterocycles. The molecule has 3 N–H and O–H groups in total. The molecule has 0 fully saturated rings. The van der Waals surface area contributed by atoms with Crippen LogP contribution in [0, 0.1) is 11.8 Å². The highest BCUT2D eigenvalue weighted by Gasteiger charge is 2.21. The molecule has 0 bridgehead atoms. The summed E-state index contributed by atoms with van der Waals surface area (Å²) in [6.07, 6.45) is 3.76. The van der Waals surface area contributed by atoms with Crippen LogP contribution in [0.3, 0.4) is 0 Å². The maximum atomic E-state index is 11.8. The number of likely N-dealkylation sites (N-methyl/N-ethyl adjacent to an activating group) is 1. The summed E-state index contributed by atoms with van der Waals surface area (Å²) in [7, 11) is 4.18. The second-order valence-corrected chi connectivity index (χ2v) is 5.79. The van der Waals surface area contributed by atoms with E-state index in [0.29, 0.717) is 30.8 Å². The van der Waals surface area contributed by atoms with E-state index in [4.69, 9.17) is 5.73 Å². The Morgan fingerprint density at radius 1 is 1.26 bits per heavy atom. The summed E-state index contributed by atoms with van der Waals surface area (Å²) in [6.45, 7) is 7.92. The van der Waals surface area contributed by atoms with Crippen LogP contribution in [-0.4, -0.2) is 44.0 Å². The maximum Gasteiger partial charge on any atom is 0.220 e. The fraction of sp³-hybridized carbons (Fsp3) is 0.933. The highest BCUT2D eigenvalue weighted by Crippen LogP contribution is 2.16. The van der Waals surface area contributed by atoms with Gasteiger partial charge in [-0.25, -0.2) is 0 Å². The topological polar surface area (TPSA) is 58.4 Å². The van der Waals surface area contributed by atoms with Crippen molar-refractivity contribution in [3.05, 3.63) is 0 Å². The number of nitrogens with zero attached hydrogens (tertiary/aromatic N) is 1. The molecule has 0 aliphatic carbocycles. The van der Waals surface area contributed by atoms with Gasteiger partial charge in [0.1, 0.15) is 0 Å². The number of nitrogens with two attached hydrogens (primary N) is 1. The molecular formula is C15H33N3O. The van der Waals surface area contributed by atoms with Crippen molar-refractivity contribution < 1.29 is 4.79 Å². The van der Waals surface area contributed by atoms with Crippen LogP contribution in [-0.2, 0) is 4.79 Å². The maximum absolute atomic E-state index is 11.8. The fourth-order valence-corrected chi connectivity index (χ4v) is 2.41. The minimum Gasteiger partial charge on any atom is -0.355 e. The van der Waals surface area contributed by atoms with E-state index in [-0.39, 0.29) is 5.91 Å². The second-order valence-electron chi connectivity index (χ2n) is 5.79. The molecule has 0 saturated carbocycles. The number of nitrogens with one attached hydrogen (secondary N) is 1. The Kier molecular flexibility index (Phi) is 9.88. The summed E-state index contributed by atoms with van der Waals surface area (Å²) in [4.78, 5) is 14.0. The van der Waals surface area contributed by atoms with Crippen LogP contribution in [0.2, 0.25) is 0 Å². The quantitative estimate of drug-likeness (QED) is 0.637. The summed E-state index contributed by atoms with van der Waals surface area (Å²) in [5.41, 5.74) is 5.56. The minimum absolute atomic E-state index is 0.151. The molecule has 0 heterocycles. The lowest BCUT2D eigenvalue weighted by Gasteiger charge is -2.31. The minimum atomic E-state index is 0.151. The third kappa shape index (κ3) is 7.53. The zero-order valence-corrected chi connectivity index (χ0v) is 13.4. The van der Waals surface area contributed by atoms with Gasteiger partial charge in [-0.3, -0.25) is 4.79 Å². The highest BCUT2D eigenvalue weighted by atomic mass is 16.1. The predicted octanol–water partition coefficient (Wildman–Crippen LogP) is 1.84. The first-order valence-corrected chi connectivity index (χ1v) is 7.59. The van der Waals surface area contributed by atoms with Gasteiger partial charge in [-0.05, 0) is 38.9 Å². The van der Waals surface area contributed by atoms with Crippen LogP contribution in [0.25, 0.3) is 0 Å². The summed E-state index contributed by atoms with van der Waals surface area (Å²) in [5, 5.41) is 3.07. The second kappa shape index (κ2) is 10.2. The van der Waals surface area contributed by atoms with Crippen molar-refractivity contribution in [1.29, 1.82) is 0 Å². The van der Waals surface area contributed by atoms with E-state index in [1.807, 2.05) is 0 Å². The largest absolute Gasteiger partial charge is 0.355 e. The first-order chi connectivity index (χ1) is 8.96. The van der Waals surface area contributed by atoms with Crippen LogP contribution in [0.15, 0.2) is 0 Å². The van der Waals surface area contributed by atoms with Gasteiger partial charge in [0, 0.05) is 19.0 Å². The van der Waals surface area contributed by atoms with Crippen molar-refractivity contribution in [2.75, 3.05) is 27.2 Å². The zero-order chi connectivity index (χ0) is 14.8. The van der Waals surface area contributed by atoms with Gasteiger partial charge in [0.2, 0.25) is 5.91 Å². The summed E-state index contributed by atoms with van der Waals surface area (Å²) < 4.78 is 0. The number of carbonyl (C=O) groups is 1. The van der Waals surface area contributed by atoms with Gasteiger partial charge in [-0.15, -0.1) is 0 Å². The van der Waals surface area contributed by atoms with Gasteiger partial charge in [-0.2, -0.15) is 0 Å². The van der Waals surface area contributed by atoms with Crippen molar-refractivity contribution >= 4 is 5.91 Å². The smallest absolute Gasteiger partial charge is 0.220 e. The number of carbonyl (C=O) groups excluding carboxylic acids is 1. The molecule has 0 radical (unpaired) electrons. The van der Waals surface area contributed by atoms with Gasteiger partial charge >= 0.3 is 0 Å². The molecule has 4 heteroatoms. The Labute approximate surface area is 119 Å². The van der Waals surface area contributed by atoms with Crippen molar-refractivity contribution in [3.8, 4) is 0 Å². The summed E-state index contributed by atoms with van der Waals surface area (Å²) in [5.74, 6) is 1.21. The lowest BCUT2D eigenvalue weighted by Crippen LogP contribution is -2.44. The highest BCUT2D eigenvalue weighted by molar-refractivity contribution is 5.75. The Hall–Kier alpha value is -0.610. The predicted molar refractivity (Wildman–Crippen MR) is 82.0 cm³/mol. The number of hydrogen-bond donors (Lipinski definition) is 2. The molecular weight excluding hydrogens is 238 g/mol. The van der Waals surface area contributed by atoms with Crippen LogP contribution in [0.4, 0.5) is 0 Å². The van der Waals surface area contributed by atoms with Gasteiger partial charge in [-0.1, -0.05) is 33.6 Å². The van der Waals surface area contributed by atoms with Gasteiger partial charge in [0.25, 0.3) is 0 Å². The number of rotatable bonds is 10. The van der Waals surface area contributed by atoms with E-state index >= 15 is 0 Å². The van der Waals surface area contributed by atoms with Gasteiger partial charge < -0.3 is 16.0 Å². The zero-order valence-electron chi connectivity index (χ0n) is 13.4. The van der Waals surface area contributed by atoms with Crippen molar-refractivity contribution in [2.24, 2.45) is 17.6 Å². The molecule has 0 aliphatic rings. The average Bonchev–Trinajstić information content (AvgIpc) is 2.40. The standard InChI is InChI=1S/C15H33N3O/c1-6-13(7-2)14(18(4)5)11-17-15(19)9-8-12(3)10-16/h12-14H,6-11,16H2,1-5H3,(H,17,19). The monoisotopic (exact) mass is 271 g/mol. The number of hydrogen-bond acceptors (Lipinski definition) is 3. The SMILES string of the molecule is CCC(CC)C(CNC(=O)CCC(C)CN)N(C)C. The first kappa shape index (κ1) is 18.4. The average molecular weight is 271 g/mol. The third-order valence-corrected chi connectivity index (χ3v) is 4.03. The Morgan fingerprint density at radius 2 is 1.84 bits per heavy atom. The first-order valence-electron chi connectivity index (χ1n) is 7.59. The van der Waals surface area contributed by atoms with Crippen molar-refractivity contribution in [3.63, 3.8) is 0 Å². The molecule has 0 aliphatic heterocycles. The van der Waals surface area contributed by atoms with Crippen LogP contribution < -0.4 is 11.1 Å². The lowest BCUT2D eigenvalue weighted by atomic mass is 9.93.